The van der Waals surface area contributed by atoms with Crippen LogP contribution in [0.3, 0.4) is 0 Å². The third-order valence-electron chi connectivity index (χ3n) is 1.85. The van der Waals surface area contributed by atoms with Gasteiger partial charge in [0.2, 0.25) is 0 Å². The standard InChI is InChI=1S/C8H6F2N2O/c9-6-1-7-5(3-12-13-7)8(10)4(6)2-11/h1,3H,2,11H2. The molecule has 13 heavy (non-hydrogen) atoms. The highest BCUT2D eigenvalue weighted by molar-refractivity contribution is 5.77. The van der Waals surface area contributed by atoms with Crippen molar-refractivity contribution in [2.45, 2.75) is 6.54 Å². The Bertz CT molecular complexity index is 453. The molecule has 0 saturated heterocycles. The molecule has 3 nitrogen and oxygen atoms in total. The van der Waals surface area contributed by atoms with Gasteiger partial charge in [0.05, 0.1) is 11.6 Å². The summed E-state index contributed by atoms with van der Waals surface area (Å²) in [5.74, 6) is -1.40. The molecule has 2 aromatic rings. The quantitative estimate of drug-likeness (QED) is 0.731. The Hall–Kier alpha value is -1.49. The minimum Gasteiger partial charge on any atom is -0.356 e. The molecule has 0 aliphatic heterocycles. The molecule has 0 atom stereocenters. The average molecular weight is 184 g/mol. The number of nitrogens with two attached hydrogens (primary N) is 1. The first kappa shape index (κ1) is 8.12. The number of benzene rings is 1. The zero-order valence-electron chi connectivity index (χ0n) is 6.55. The first-order valence-corrected chi connectivity index (χ1v) is 3.65. The Labute approximate surface area is 72.1 Å². The summed E-state index contributed by atoms with van der Waals surface area (Å²) in [7, 11) is 0. The van der Waals surface area contributed by atoms with E-state index in [2.05, 4.69) is 9.68 Å². The van der Waals surface area contributed by atoms with Crippen LogP contribution in [0.5, 0.6) is 0 Å². The molecule has 0 unspecified atom stereocenters. The van der Waals surface area contributed by atoms with Crippen molar-refractivity contribution in [3.8, 4) is 0 Å². The lowest BCUT2D eigenvalue weighted by atomic mass is 10.1. The summed E-state index contributed by atoms with van der Waals surface area (Å²) in [6.45, 7) is -0.182. The van der Waals surface area contributed by atoms with Crippen LogP contribution in [0.2, 0.25) is 0 Å². The highest BCUT2D eigenvalue weighted by Crippen LogP contribution is 2.23. The summed E-state index contributed by atoms with van der Waals surface area (Å²) in [6.07, 6.45) is 1.20. The van der Waals surface area contributed by atoms with E-state index >= 15 is 0 Å². The summed E-state index contributed by atoms with van der Waals surface area (Å²) >= 11 is 0. The van der Waals surface area contributed by atoms with Crippen molar-refractivity contribution in [3.63, 3.8) is 0 Å². The molecule has 1 aromatic carbocycles. The minimum absolute atomic E-state index is 0.0900. The van der Waals surface area contributed by atoms with Crippen molar-refractivity contribution in [2.75, 3.05) is 0 Å². The molecule has 2 rings (SSSR count). The Balaban J connectivity index is 2.85. The predicted molar refractivity (Wildman–Crippen MR) is 41.8 cm³/mol. The number of hydrogen-bond donors (Lipinski definition) is 1. The van der Waals surface area contributed by atoms with Gasteiger partial charge in [-0.3, -0.25) is 0 Å². The molecule has 68 valence electrons. The van der Waals surface area contributed by atoms with Crippen LogP contribution in [0.25, 0.3) is 11.0 Å². The van der Waals surface area contributed by atoms with Crippen LogP contribution in [0.1, 0.15) is 5.56 Å². The lowest BCUT2D eigenvalue weighted by molar-refractivity contribution is 0.453. The highest BCUT2D eigenvalue weighted by atomic mass is 19.1. The SMILES string of the molecule is NCc1c(F)cc2oncc2c1F. The van der Waals surface area contributed by atoms with E-state index in [9.17, 15) is 8.78 Å². The fourth-order valence-corrected chi connectivity index (χ4v) is 1.17. The van der Waals surface area contributed by atoms with Gasteiger partial charge in [-0.15, -0.1) is 0 Å². The molecule has 0 spiro atoms. The van der Waals surface area contributed by atoms with Crippen LogP contribution in [-0.4, -0.2) is 5.16 Å². The van der Waals surface area contributed by atoms with Gasteiger partial charge < -0.3 is 10.3 Å². The molecule has 0 saturated carbocycles. The van der Waals surface area contributed by atoms with Gasteiger partial charge in [0, 0.05) is 18.2 Å². The molecule has 0 bridgehead atoms. The highest BCUT2D eigenvalue weighted by Gasteiger charge is 2.14. The number of halogens is 2. The second-order valence-electron chi connectivity index (χ2n) is 2.59. The molecule has 0 amide bonds. The fourth-order valence-electron chi connectivity index (χ4n) is 1.17. The van der Waals surface area contributed by atoms with E-state index in [0.29, 0.717) is 0 Å². The van der Waals surface area contributed by atoms with E-state index in [1.165, 1.54) is 6.20 Å². The maximum Gasteiger partial charge on any atom is 0.172 e. The predicted octanol–water partition coefficient (Wildman–Crippen LogP) is 1.56. The molecule has 0 fully saturated rings. The first-order valence-electron chi connectivity index (χ1n) is 3.65. The second-order valence-corrected chi connectivity index (χ2v) is 2.59. The van der Waals surface area contributed by atoms with Gasteiger partial charge in [0.25, 0.3) is 0 Å². The maximum atomic E-state index is 13.3. The largest absolute Gasteiger partial charge is 0.356 e. The Kier molecular flexibility index (Phi) is 1.73. The van der Waals surface area contributed by atoms with Crippen molar-refractivity contribution < 1.29 is 13.3 Å². The smallest absolute Gasteiger partial charge is 0.172 e. The third-order valence-corrected chi connectivity index (χ3v) is 1.85. The number of fused-ring (bicyclic) bond motifs is 1. The van der Waals surface area contributed by atoms with E-state index in [0.717, 1.165) is 6.07 Å². The van der Waals surface area contributed by atoms with Crippen molar-refractivity contribution in [1.82, 2.24) is 5.16 Å². The van der Waals surface area contributed by atoms with Crippen molar-refractivity contribution in [1.29, 1.82) is 0 Å². The Morgan fingerprint density at radius 1 is 1.46 bits per heavy atom. The van der Waals surface area contributed by atoms with Crippen molar-refractivity contribution in [3.05, 3.63) is 29.5 Å². The first-order chi connectivity index (χ1) is 6.24. The van der Waals surface area contributed by atoms with Crippen LogP contribution >= 0.6 is 0 Å². The molecule has 0 aliphatic carbocycles. The average Bonchev–Trinajstić information content (AvgIpc) is 2.53. The maximum absolute atomic E-state index is 13.3. The molecule has 0 radical (unpaired) electrons. The van der Waals surface area contributed by atoms with Crippen molar-refractivity contribution in [2.24, 2.45) is 5.73 Å². The Morgan fingerprint density at radius 3 is 2.92 bits per heavy atom. The Morgan fingerprint density at radius 2 is 2.23 bits per heavy atom. The van der Waals surface area contributed by atoms with Gasteiger partial charge >= 0.3 is 0 Å². The zero-order valence-corrected chi connectivity index (χ0v) is 6.55. The van der Waals surface area contributed by atoms with Crippen LogP contribution in [-0.2, 0) is 6.54 Å². The summed E-state index contributed by atoms with van der Waals surface area (Å²) in [5.41, 5.74) is 5.13. The van der Waals surface area contributed by atoms with E-state index < -0.39 is 11.6 Å². The second kappa shape index (κ2) is 2.77. The van der Waals surface area contributed by atoms with E-state index in [1.807, 2.05) is 0 Å². The van der Waals surface area contributed by atoms with Crippen LogP contribution in [0, 0.1) is 11.6 Å². The van der Waals surface area contributed by atoms with Gasteiger partial charge in [0.1, 0.15) is 11.6 Å². The summed E-state index contributed by atoms with van der Waals surface area (Å²) in [4.78, 5) is 0. The number of rotatable bonds is 1. The summed E-state index contributed by atoms with van der Waals surface area (Å²) < 4.78 is 31.0. The lowest BCUT2D eigenvalue weighted by Crippen LogP contribution is -2.03. The molecule has 1 heterocycles. The molecule has 1 aromatic heterocycles. The number of nitrogens with zero attached hydrogens (tertiary/aromatic N) is 1. The van der Waals surface area contributed by atoms with E-state index in [4.69, 9.17) is 5.73 Å². The zero-order chi connectivity index (χ0) is 9.42. The van der Waals surface area contributed by atoms with Gasteiger partial charge in [-0.05, 0) is 0 Å². The monoisotopic (exact) mass is 184 g/mol. The third kappa shape index (κ3) is 1.08. The fraction of sp³-hybridized carbons (Fsp3) is 0.125. The summed E-state index contributed by atoms with van der Waals surface area (Å²) in [6, 6.07) is 1.08. The number of aromatic nitrogens is 1. The number of hydrogen-bond acceptors (Lipinski definition) is 3. The van der Waals surface area contributed by atoms with Crippen LogP contribution in [0.4, 0.5) is 8.78 Å². The van der Waals surface area contributed by atoms with Gasteiger partial charge in [-0.1, -0.05) is 5.16 Å². The van der Waals surface area contributed by atoms with E-state index in [1.54, 1.807) is 0 Å². The van der Waals surface area contributed by atoms with Gasteiger partial charge in [-0.2, -0.15) is 0 Å². The topological polar surface area (TPSA) is 52.0 Å². The molecule has 2 N–H and O–H groups in total. The van der Waals surface area contributed by atoms with Gasteiger partial charge in [0.15, 0.2) is 5.58 Å². The normalized spacial score (nSPS) is 11.0. The molecular formula is C8H6F2N2O. The lowest BCUT2D eigenvalue weighted by Gasteiger charge is -2.00. The van der Waals surface area contributed by atoms with Crippen LogP contribution < -0.4 is 5.73 Å². The molecular weight excluding hydrogens is 178 g/mol. The van der Waals surface area contributed by atoms with Crippen molar-refractivity contribution >= 4 is 11.0 Å². The molecule has 0 aliphatic rings. The summed E-state index contributed by atoms with van der Waals surface area (Å²) in [5, 5.41) is 3.51. The van der Waals surface area contributed by atoms with Gasteiger partial charge in [-0.25, -0.2) is 8.78 Å². The van der Waals surface area contributed by atoms with Crippen LogP contribution in [0.15, 0.2) is 16.8 Å². The molecule has 5 heteroatoms. The minimum atomic E-state index is -0.704. The van der Waals surface area contributed by atoms with E-state index in [-0.39, 0.29) is 23.1 Å².